The van der Waals surface area contributed by atoms with Crippen molar-refractivity contribution in [3.05, 3.63) is 40.2 Å². The molecule has 4 N–H and O–H groups in total. The quantitative estimate of drug-likeness (QED) is 0.537. The minimum atomic E-state index is -4.77. The molecule has 0 aliphatic carbocycles. The van der Waals surface area contributed by atoms with Gasteiger partial charge in [0.25, 0.3) is 0 Å². The summed E-state index contributed by atoms with van der Waals surface area (Å²) in [5.41, 5.74) is -2.79. The molecule has 8 nitrogen and oxygen atoms in total. The maximum atomic E-state index is 13.0. The fourth-order valence-electron chi connectivity index (χ4n) is 2.75. The predicted molar refractivity (Wildman–Crippen MR) is 81.9 cm³/mol. The van der Waals surface area contributed by atoms with E-state index in [1.807, 2.05) is 0 Å². The van der Waals surface area contributed by atoms with Crippen LogP contribution in [0.15, 0.2) is 33.5 Å². The minimum Gasteiger partial charge on any atom is -0.462 e. The van der Waals surface area contributed by atoms with Crippen LogP contribution in [0.3, 0.4) is 0 Å². The fraction of sp³-hybridized carbons (Fsp3) is 0.438. The molecule has 1 aliphatic rings. The summed E-state index contributed by atoms with van der Waals surface area (Å²) in [5, 5.41) is 38.1. The lowest BCUT2D eigenvalue weighted by Crippen LogP contribution is -2.60. The molecule has 148 valence electrons. The first-order valence-electron chi connectivity index (χ1n) is 7.74. The molecule has 11 heteroatoms. The Balaban J connectivity index is 1.93. The van der Waals surface area contributed by atoms with Crippen LogP contribution in [0.1, 0.15) is 5.56 Å². The van der Waals surface area contributed by atoms with E-state index in [-0.39, 0.29) is 11.1 Å². The van der Waals surface area contributed by atoms with Crippen LogP contribution in [0.4, 0.5) is 13.2 Å². The van der Waals surface area contributed by atoms with Crippen molar-refractivity contribution in [2.75, 3.05) is 6.61 Å². The lowest BCUT2D eigenvalue weighted by Gasteiger charge is -2.39. The molecule has 0 saturated carbocycles. The maximum absolute atomic E-state index is 13.0. The van der Waals surface area contributed by atoms with E-state index >= 15 is 0 Å². The van der Waals surface area contributed by atoms with Crippen molar-refractivity contribution >= 4 is 11.0 Å². The first-order valence-corrected chi connectivity index (χ1v) is 7.74. The van der Waals surface area contributed by atoms with E-state index in [1.54, 1.807) is 0 Å². The molecule has 0 amide bonds. The molecule has 2 aromatic rings. The Bertz CT molecular complexity index is 878. The van der Waals surface area contributed by atoms with Gasteiger partial charge in [-0.25, -0.2) is 4.79 Å². The Morgan fingerprint density at radius 3 is 2.41 bits per heavy atom. The van der Waals surface area contributed by atoms with E-state index in [0.29, 0.717) is 6.07 Å². The van der Waals surface area contributed by atoms with Gasteiger partial charge in [-0.1, -0.05) is 0 Å². The smallest absolute Gasteiger partial charge is 0.417 e. The SMILES string of the molecule is O=c1cc(C(F)(F)F)c2ccc(O[C@@H]3O[C@@H](CO)[C@H](O)[C@@H](O)[C@H]3O)cc2o1. The second kappa shape index (κ2) is 7.09. The zero-order valence-corrected chi connectivity index (χ0v) is 13.5. The van der Waals surface area contributed by atoms with E-state index in [0.717, 1.165) is 18.2 Å². The summed E-state index contributed by atoms with van der Waals surface area (Å²) in [4.78, 5) is 11.4. The molecule has 1 saturated heterocycles. The Morgan fingerprint density at radius 1 is 1.07 bits per heavy atom. The largest absolute Gasteiger partial charge is 0.462 e. The molecule has 0 unspecified atom stereocenters. The van der Waals surface area contributed by atoms with Gasteiger partial charge >= 0.3 is 11.8 Å². The van der Waals surface area contributed by atoms with Gasteiger partial charge in [-0.3, -0.25) is 0 Å². The van der Waals surface area contributed by atoms with Gasteiger partial charge in [0.1, 0.15) is 35.7 Å². The lowest BCUT2D eigenvalue weighted by molar-refractivity contribution is -0.277. The number of alkyl halides is 3. The summed E-state index contributed by atoms with van der Waals surface area (Å²) in [6.07, 6.45) is -12.5. The third kappa shape index (κ3) is 3.77. The number of ether oxygens (including phenoxy) is 2. The molecule has 5 atom stereocenters. The summed E-state index contributed by atoms with van der Waals surface area (Å²) < 4.78 is 54.3. The van der Waals surface area contributed by atoms with Crippen molar-refractivity contribution in [2.24, 2.45) is 0 Å². The average Bonchev–Trinajstić information content (AvgIpc) is 2.60. The molecular formula is C16H15F3O8. The monoisotopic (exact) mass is 392 g/mol. The van der Waals surface area contributed by atoms with E-state index < -0.39 is 60.3 Å². The normalized spacial score (nSPS) is 29.1. The highest BCUT2D eigenvalue weighted by atomic mass is 19.4. The van der Waals surface area contributed by atoms with E-state index in [4.69, 9.17) is 19.0 Å². The van der Waals surface area contributed by atoms with Gasteiger partial charge in [0.2, 0.25) is 6.29 Å². The van der Waals surface area contributed by atoms with Crippen LogP contribution in [-0.4, -0.2) is 57.7 Å². The van der Waals surface area contributed by atoms with Crippen molar-refractivity contribution in [2.45, 2.75) is 36.9 Å². The molecule has 1 aromatic carbocycles. The molecule has 1 aromatic heterocycles. The molecule has 3 rings (SSSR count). The highest BCUT2D eigenvalue weighted by molar-refractivity contribution is 5.82. The van der Waals surface area contributed by atoms with Crippen molar-refractivity contribution in [1.82, 2.24) is 0 Å². The van der Waals surface area contributed by atoms with E-state index in [1.165, 1.54) is 0 Å². The van der Waals surface area contributed by atoms with Crippen LogP contribution in [0.25, 0.3) is 11.0 Å². The van der Waals surface area contributed by atoms with Gasteiger partial charge in [-0.15, -0.1) is 0 Å². The van der Waals surface area contributed by atoms with Gasteiger partial charge in [-0.2, -0.15) is 13.2 Å². The van der Waals surface area contributed by atoms with Gasteiger partial charge in [0.05, 0.1) is 12.2 Å². The zero-order valence-electron chi connectivity index (χ0n) is 13.5. The highest BCUT2D eigenvalue weighted by Gasteiger charge is 2.44. The standard InChI is InChI=1S/C16H15F3O8/c17-16(18,19)8-4-11(21)26-9-3-6(1-2-7(8)9)25-15-14(24)13(23)12(22)10(5-20)27-15/h1-4,10,12-15,20,22-24H,5H2/t10-,12-,13+,14+,15+/m0/s1. The number of benzene rings is 1. The van der Waals surface area contributed by atoms with Crippen LogP contribution in [0.2, 0.25) is 0 Å². The summed E-state index contributed by atoms with van der Waals surface area (Å²) in [5.74, 6) is -0.130. The van der Waals surface area contributed by atoms with Crippen molar-refractivity contribution in [3.8, 4) is 5.75 Å². The summed E-state index contributed by atoms with van der Waals surface area (Å²) in [6.45, 7) is -0.674. The topological polar surface area (TPSA) is 130 Å². The van der Waals surface area contributed by atoms with Gasteiger partial charge in [0.15, 0.2) is 0 Å². The first kappa shape index (κ1) is 19.6. The Hall–Kier alpha value is -2.18. The third-order valence-electron chi connectivity index (χ3n) is 4.12. The summed E-state index contributed by atoms with van der Waals surface area (Å²) in [6, 6.07) is 3.47. The van der Waals surface area contributed by atoms with Gasteiger partial charge in [-0.05, 0) is 12.1 Å². The van der Waals surface area contributed by atoms with Gasteiger partial charge in [0, 0.05) is 17.5 Å². The molecule has 0 radical (unpaired) electrons. The highest BCUT2D eigenvalue weighted by Crippen LogP contribution is 2.35. The van der Waals surface area contributed by atoms with E-state index in [9.17, 15) is 33.3 Å². The fourth-order valence-corrected chi connectivity index (χ4v) is 2.75. The van der Waals surface area contributed by atoms with Crippen LogP contribution in [-0.2, 0) is 10.9 Å². The van der Waals surface area contributed by atoms with E-state index in [2.05, 4.69) is 0 Å². The van der Waals surface area contributed by atoms with Crippen LogP contribution in [0, 0.1) is 0 Å². The lowest BCUT2D eigenvalue weighted by atomic mass is 9.99. The number of aliphatic hydroxyl groups excluding tert-OH is 4. The maximum Gasteiger partial charge on any atom is 0.417 e. The first-order chi connectivity index (χ1) is 12.6. The van der Waals surface area contributed by atoms with Crippen molar-refractivity contribution in [3.63, 3.8) is 0 Å². The average molecular weight is 392 g/mol. The van der Waals surface area contributed by atoms with Crippen molar-refractivity contribution < 1.29 is 47.5 Å². The second-order valence-corrected chi connectivity index (χ2v) is 5.95. The molecule has 1 aliphatic heterocycles. The number of rotatable bonds is 3. The van der Waals surface area contributed by atoms with Crippen LogP contribution in [0.5, 0.6) is 5.75 Å². The number of aliphatic hydroxyl groups is 4. The summed E-state index contributed by atoms with van der Waals surface area (Å²) >= 11 is 0. The molecule has 2 heterocycles. The molecule has 1 fully saturated rings. The van der Waals surface area contributed by atoms with Gasteiger partial charge < -0.3 is 34.3 Å². The Kier molecular flexibility index (Phi) is 5.14. The zero-order chi connectivity index (χ0) is 19.9. The number of hydrogen-bond donors (Lipinski definition) is 4. The second-order valence-electron chi connectivity index (χ2n) is 5.95. The molecule has 0 spiro atoms. The van der Waals surface area contributed by atoms with Crippen LogP contribution < -0.4 is 10.4 Å². The molecule has 0 bridgehead atoms. The summed E-state index contributed by atoms with van der Waals surface area (Å²) in [7, 11) is 0. The number of hydrogen-bond acceptors (Lipinski definition) is 8. The number of fused-ring (bicyclic) bond motifs is 1. The van der Waals surface area contributed by atoms with Crippen LogP contribution >= 0.6 is 0 Å². The third-order valence-corrected chi connectivity index (χ3v) is 4.12. The molecule has 27 heavy (non-hydrogen) atoms. The minimum absolute atomic E-state index is 0.130. The Morgan fingerprint density at radius 2 is 1.78 bits per heavy atom. The Labute approximate surface area is 149 Å². The number of halogens is 3. The van der Waals surface area contributed by atoms with Crippen molar-refractivity contribution in [1.29, 1.82) is 0 Å². The molecular weight excluding hydrogens is 377 g/mol. The predicted octanol–water partition coefficient (Wildman–Crippen LogP) is -0.00950.